The van der Waals surface area contributed by atoms with E-state index in [2.05, 4.69) is 49.5 Å². The number of nitrogens with one attached hydrogen (secondary N) is 3. The van der Waals surface area contributed by atoms with Crippen molar-refractivity contribution in [3.63, 3.8) is 0 Å². The molecule has 0 aliphatic heterocycles. The Bertz CT molecular complexity index is 1300. The Morgan fingerprint density at radius 2 is 1.86 bits per heavy atom. The van der Waals surface area contributed by atoms with Crippen LogP contribution >= 0.6 is 11.6 Å². The van der Waals surface area contributed by atoms with E-state index in [1.54, 1.807) is 6.20 Å². The van der Waals surface area contributed by atoms with Gasteiger partial charge in [-0.05, 0) is 47.3 Å². The van der Waals surface area contributed by atoms with E-state index in [0.717, 1.165) is 33.2 Å². The molecular weight excluding hydrogens is 372 g/mol. The fourth-order valence-corrected chi connectivity index (χ4v) is 3.62. The summed E-state index contributed by atoms with van der Waals surface area (Å²) in [5, 5.41) is 6.03. The molecule has 138 valence electrons. The lowest BCUT2D eigenvalue weighted by molar-refractivity contribution is 1.09. The van der Waals surface area contributed by atoms with Crippen molar-refractivity contribution < 1.29 is 0 Å². The third kappa shape index (κ3) is 3.04. The molecule has 28 heavy (non-hydrogen) atoms. The van der Waals surface area contributed by atoms with Gasteiger partial charge in [-0.3, -0.25) is 0 Å². The van der Waals surface area contributed by atoms with Gasteiger partial charge in [-0.25, -0.2) is 4.98 Å². The Balaban J connectivity index is 1.42. The third-order valence-electron chi connectivity index (χ3n) is 4.79. The first-order valence-electron chi connectivity index (χ1n) is 8.87. The summed E-state index contributed by atoms with van der Waals surface area (Å²) >= 11 is 6.20. The Morgan fingerprint density at radius 3 is 2.75 bits per heavy atom. The zero-order chi connectivity index (χ0) is 19.1. The highest BCUT2D eigenvalue weighted by Gasteiger charge is 2.09. The van der Waals surface area contributed by atoms with Crippen molar-refractivity contribution in [1.82, 2.24) is 19.9 Å². The number of anilines is 3. The number of hydrogen-bond acceptors (Lipinski definition) is 4. The van der Waals surface area contributed by atoms with Crippen molar-refractivity contribution in [3.8, 4) is 0 Å². The number of nitrogen functional groups attached to an aromatic ring is 1. The molecule has 0 saturated heterocycles. The first kappa shape index (κ1) is 16.6. The normalized spacial score (nSPS) is 11.3. The maximum Gasteiger partial charge on any atom is 0.229 e. The van der Waals surface area contributed by atoms with E-state index >= 15 is 0 Å². The molecule has 0 spiro atoms. The number of hydrogen-bond donors (Lipinski definition) is 4. The molecule has 3 heterocycles. The van der Waals surface area contributed by atoms with E-state index in [9.17, 15) is 0 Å². The zero-order valence-electron chi connectivity index (χ0n) is 14.8. The minimum Gasteiger partial charge on any atom is -0.383 e. The average molecular weight is 389 g/mol. The molecule has 0 bridgehead atoms. The summed E-state index contributed by atoms with van der Waals surface area (Å²) in [4.78, 5) is 15.2. The molecule has 6 nitrogen and oxygen atoms in total. The van der Waals surface area contributed by atoms with Gasteiger partial charge in [-0.15, -0.1) is 0 Å². The summed E-state index contributed by atoms with van der Waals surface area (Å²) < 4.78 is 0. The van der Waals surface area contributed by atoms with Gasteiger partial charge < -0.3 is 21.0 Å². The average Bonchev–Trinajstić information content (AvgIpc) is 3.32. The Kier molecular flexibility index (Phi) is 3.91. The van der Waals surface area contributed by atoms with Crippen molar-refractivity contribution in [1.29, 1.82) is 0 Å². The van der Waals surface area contributed by atoms with E-state index in [1.165, 1.54) is 5.39 Å². The predicted octanol–water partition coefficient (Wildman–Crippen LogP) is 5.01. The van der Waals surface area contributed by atoms with Crippen LogP contribution in [0.5, 0.6) is 0 Å². The van der Waals surface area contributed by atoms with Crippen LogP contribution in [0.3, 0.4) is 0 Å². The lowest BCUT2D eigenvalue weighted by Crippen LogP contribution is -2.04. The van der Waals surface area contributed by atoms with Crippen molar-refractivity contribution in [2.45, 2.75) is 6.42 Å². The predicted molar refractivity (Wildman–Crippen MR) is 114 cm³/mol. The van der Waals surface area contributed by atoms with Crippen LogP contribution in [-0.2, 0) is 6.42 Å². The SMILES string of the molecule is Nc1nc(Nc2cc(Cl)cc3[nH]ccc23)ncc1Cc1ccc2[nH]ccc2c1. The second kappa shape index (κ2) is 6.58. The molecule has 5 N–H and O–H groups in total. The molecule has 2 aromatic carbocycles. The molecule has 0 atom stereocenters. The minimum absolute atomic E-state index is 0.437. The fourth-order valence-electron chi connectivity index (χ4n) is 3.40. The number of nitrogens with two attached hydrogens (primary N) is 1. The molecule has 0 aliphatic carbocycles. The quantitative estimate of drug-likeness (QED) is 0.348. The number of fused-ring (bicyclic) bond motifs is 2. The van der Waals surface area contributed by atoms with Gasteiger partial charge in [0.05, 0.1) is 5.69 Å². The van der Waals surface area contributed by atoms with Gasteiger partial charge in [-0.2, -0.15) is 4.98 Å². The first-order valence-corrected chi connectivity index (χ1v) is 9.24. The monoisotopic (exact) mass is 388 g/mol. The maximum atomic E-state index is 6.21. The third-order valence-corrected chi connectivity index (χ3v) is 5.01. The number of halogens is 1. The van der Waals surface area contributed by atoms with Crippen LogP contribution in [0.2, 0.25) is 5.02 Å². The number of aromatic nitrogens is 4. The number of rotatable bonds is 4. The van der Waals surface area contributed by atoms with Crippen LogP contribution in [-0.4, -0.2) is 19.9 Å². The first-order chi connectivity index (χ1) is 13.7. The molecule has 0 amide bonds. The smallest absolute Gasteiger partial charge is 0.229 e. The van der Waals surface area contributed by atoms with Crippen molar-refractivity contribution in [2.24, 2.45) is 0 Å². The van der Waals surface area contributed by atoms with Gasteiger partial charge in [0.25, 0.3) is 0 Å². The summed E-state index contributed by atoms with van der Waals surface area (Å²) in [7, 11) is 0. The van der Waals surface area contributed by atoms with Crippen LogP contribution in [0.4, 0.5) is 17.5 Å². The van der Waals surface area contributed by atoms with Crippen molar-refractivity contribution in [3.05, 3.63) is 77.2 Å². The molecule has 5 aromatic rings. The van der Waals surface area contributed by atoms with E-state index in [1.807, 2.05) is 30.6 Å². The van der Waals surface area contributed by atoms with Crippen LogP contribution in [0, 0.1) is 0 Å². The van der Waals surface area contributed by atoms with Gasteiger partial charge in [0.2, 0.25) is 5.95 Å². The van der Waals surface area contributed by atoms with Crippen LogP contribution in [0.1, 0.15) is 11.1 Å². The highest BCUT2D eigenvalue weighted by Crippen LogP contribution is 2.29. The Hall–Kier alpha value is -3.51. The molecular formula is C21H17ClN6. The summed E-state index contributed by atoms with van der Waals surface area (Å²) in [5.74, 6) is 0.895. The zero-order valence-corrected chi connectivity index (χ0v) is 15.6. The summed E-state index contributed by atoms with van der Waals surface area (Å²) in [6.45, 7) is 0. The van der Waals surface area contributed by atoms with Crippen molar-refractivity contribution in [2.75, 3.05) is 11.1 Å². The van der Waals surface area contributed by atoms with Gasteiger partial charge >= 0.3 is 0 Å². The van der Waals surface area contributed by atoms with Gasteiger partial charge in [0.15, 0.2) is 0 Å². The molecule has 0 radical (unpaired) electrons. The van der Waals surface area contributed by atoms with Crippen LogP contribution in [0.15, 0.2) is 61.1 Å². The van der Waals surface area contributed by atoms with Crippen molar-refractivity contribution >= 4 is 50.9 Å². The summed E-state index contributed by atoms with van der Waals surface area (Å²) in [6, 6.07) is 14.0. The van der Waals surface area contributed by atoms with E-state index in [-0.39, 0.29) is 0 Å². The largest absolute Gasteiger partial charge is 0.383 e. The lowest BCUT2D eigenvalue weighted by atomic mass is 10.1. The van der Waals surface area contributed by atoms with Crippen LogP contribution < -0.4 is 11.1 Å². The van der Waals surface area contributed by atoms with E-state index in [4.69, 9.17) is 17.3 Å². The molecule has 0 aliphatic rings. The second-order valence-corrected chi connectivity index (χ2v) is 7.13. The van der Waals surface area contributed by atoms with E-state index < -0.39 is 0 Å². The van der Waals surface area contributed by atoms with Gasteiger partial charge in [0.1, 0.15) is 5.82 Å². The van der Waals surface area contributed by atoms with Crippen LogP contribution in [0.25, 0.3) is 21.8 Å². The minimum atomic E-state index is 0.437. The number of H-pyrrole nitrogens is 2. The molecule has 0 unspecified atom stereocenters. The molecule has 5 rings (SSSR count). The molecule has 3 aromatic heterocycles. The highest BCUT2D eigenvalue weighted by molar-refractivity contribution is 6.31. The highest BCUT2D eigenvalue weighted by atomic mass is 35.5. The van der Waals surface area contributed by atoms with Gasteiger partial charge in [0, 0.05) is 52.0 Å². The van der Waals surface area contributed by atoms with E-state index in [0.29, 0.717) is 23.2 Å². The number of benzene rings is 2. The molecule has 7 heteroatoms. The molecule has 0 fully saturated rings. The second-order valence-electron chi connectivity index (χ2n) is 6.70. The maximum absolute atomic E-state index is 6.21. The standard InChI is InChI=1S/C21H17ClN6/c22-15-9-18-16(4-6-25-18)19(10-15)27-21-26-11-14(20(23)28-21)8-12-1-2-17-13(7-12)3-5-24-17/h1-7,9-11,24-25H,8H2,(H3,23,26,27,28). The summed E-state index contributed by atoms with van der Waals surface area (Å²) in [6.07, 6.45) is 6.24. The Labute approximate surface area is 165 Å². The lowest BCUT2D eigenvalue weighted by Gasteiger charge is -2.10. The molecule has 0 saturated carbocycles. The fraction of sp³-hybridized carbons (Fsp3) is 0.0476. The number of nitrogens with zero attached hydrogens (tertiary/aromatic N) is 2. The summed E-state index contributed by atoms with van der Waals surface area (Å²) in [5.41, 5.74) is 11.1. The van der Waals surface area contributed by atoms with Gasteiger partial charge in [-0.1, -0.05) is 17.7 Å². The number of aromatic amines is 2. The topological polar surface area (TPSA) is 95.4 Å². The Morgan fingerprint density at radius 1 is 1.00 bits per heavy atom.